The van der Waals surface area contributed by atoms with Crippen LogP contribution in [-0.4, -0.2) is 32.3 Å². The van der Waals surface area contributed by atoms with Crippen LogP contribution in [0.15, 0.2) is 23.0 Å². The Morgan fingerprint density at radius 2 is 1.91 bits per heavy atom. The Morgan fingerprint density at radius 1 is 1.15 bits per heavy atom. The number of nitrogens with zero attached hydrogens (tertiary/aromatic N) is 1. The third-order valence-corrected chi connectivity index (χ3v) is 6.78. The van der Waals surface area contributed by atoms with Crippen LogP contribution in [0.25, 0.3) is 22.2 Å². The predicted molar refractivity (Wildman–Crippen MR) is 137 cm³/mol. The molecule has 3 aromatic rings. The van der Waals surface area contributed by atoms with Crippen molar-refractivity contribution in [2.24, 2.45) is 7.05 Å². The zero-order valence-corrected chi connectivity index (χ0v) is 20.7. The third kappa shape index (κ3) is 5.00. The highest BCUT2D eigenvalue weighted by Crippen LogP contribution is 2.38. The molecule has 0 aliphatic heterocycles. The van der Waals surface area contributed by atoms with E-state index < -0.39 is 22.8 Å². The molecule has 4 N–H and O–H groups in total. The lowest BCUT2D eigenvalue weighted by atomic mass is 9.98. The summed E-state index contributed by atoms with van der Waals surface area (Å²) in [6, 6.07) is 6.38. The maximum Gasteiger partial charge on any atom is 0.345 e. The number of hydrogen-bond acceptors (Lipinski definition) is 4. The molecule has 0 fully saturated rings. The van der Waals surface area contributed by atoms with Gasteiger partial charge in [-0.25, -0.2) is 4.79 Å². The number of carboxylic acids is 1. The normalized spacial score (nSPS) is 12.6. The van der Waals surface area contributed by atoms with E-state index in [1.54, 1.807) is 0 Å². The van der Waals surface area contributed by atoms with Crippen LogP contribution in [0.3, 0.4) is 0 Å². The molecular formula is C26H34ClN3O4. The molecule has 8 heteroatoms. The SMILES string of the molecule is CCCCCCCNCc1cc2cc3c(cc2n1C)CCCc1c-3[nH]c(=O)c(C(=O)O)c1O.Cl. The van der Waals surface area contributed by atoms with Gasteiger partial charge in [0.1, 0.15) is 5.75 Å². The highest BCUT2D eigenvalue weighted by Gasteiger charge is 2.26. The number of aromatic nitrogens is 2. The molecule has 0 spiro atoms. The molecule has 0 saturated carbocycles. The fraction of sp³-hybridized carbons (Fsp3) is 0.462. The Bertz CT molecular complexity index is 1250. The topological polar surface area (TPSA) is 107 Å². The van der Waals surface area contributed by atoms with E-state index in [0.29, 0.717) is 17.7 Å². The van der Waals surface area contributed by atoms with Gasteiger partial charge in [0.2, 0.25) is 0 Å². The molecule has 1 aliphatic carbocycles. The second kappa shape index (κ2) is 11.1. The molecule has 34 heavy (non-hydrogen) atoms. The lowest BCUT2D eigenvalue weighted by molar-refractivity contribution is 0.0691. The van der Waals surface area contributed by atoms with E-state index in [4.69, 9.17) is 0 Å². The molecule has 0 unspecified atom stereocenters. The number of H-pyrrole nitrogens is 1. The quantitative estimate of drug-likeness (QED) is 0.321. The zero-order valence-electron chi connectivity index (χ0n) is 19.9. The largest absolute Gasteiger partial charge is 0.506 e. The first-order valence-corrected chi connectivity index (χ1v) is 12.0. The van der Waals surface area contributed by atoms with Gasteiger partial charge in [-0.15, -0.1) is 12.4 Å². The predicted octanol–water partition coefficient (Wildman–Crippen LogP) is 4.91. The number of unbranched alkanes of at least 4 members (excludes halogenated alkanes) is 4. The van der Waals surface area contributed by atoms with Gasteiger partial charge >= 0.3 is 5.97 Å². The van der Waals surface area contributed by atoms with Gasteiger partial charge < -0.3 is 25.1 Å². The number of aromatic carboxylic acids is 1. The first-order chi connectivity index (χ1) is 15.9. The fourth-order valence-corrected chi connectivity index (χ4v) is 4.92. The minimum atomic E-state index is -1.41. The highest BCUT2D eigenvalue weighted by molar-refractivity contribution is 5.93. The molecule has 0 bridgehead atoms. The number of pyridine rings is 1. The summed E-state index contributed by atoms with van der Waals surface area (Å²) in [5.41, 5.74) is 3.96. The third-order valence-electron chi connectivity index (χ3n) is 6.78. The highest BCUT2D eigenvalue weighted by atomic mass is 35.5. The van der Waals surface area contributed by atoms with Gasteiger partial charge in [-0.3, -0.25) is 4.79 Å². The molecule has 1 aliphatic rings. The number of halogens is 1. The Morgan fingerprint density at radius 3 is 2.65 bits per heavy atom. The number of rotatable bonds is 9. The van der Waals surface area contributed by atoms with Crippen LogP contribution in [0.4, 0.5) is 0 Å². The molecule has 0 saturated heterocycles. The van der Waals surface area contributed by atoms with Crippen molar-refractivity contribution in [3.05, 3.63) is 50.9 Å². The summed E-state index contributed by atoms with van der Waals surface area (Å²) in [5, 5.41) is 24.5. The number of carbonyl (C=O) groups is 1. The van der Waals surface area contributed by atoms with Gasteiger partial charge in [0, 0.05) is 41.3 Å². The van der Waals surface area contributed by atoms with Crippen LogP contribution in [0.2, 0.25) is 0 Å². The Kier molecular flexibility index (Phi) is 8.44. The van der Waals surface area contributed by atoms with E-state index in [1.165, 1.54) is 37.8 Å². The van der Waals surface area contributed by atoms with Crippen molar-refractivity contribution in [3.8, 4) is 17.0 Å². The Hall–Kier alpha value is -2.77. The van der Waals surface area contributed by atoms with Gasteiger partial charge in [0.15, 0.2) is 5.56 Å². The maximum absolute atomic E-state index is 12.4. The molecule has 0 amide bonds. The molecule has 2 heterocycles. The monoisotopic (exact) mass is 487 g/mol. The van der Waals surface area contributed by atoms with Crippen molar-refractivity contribution >= 4 is 29.3 Å². The molecule has 1 aromatic carbocycles. The minimum Gasteiger partial charge on any atom is -0.506 e. The average molecular weight is 488 g/mol. The van der Waals surface area contributed by atoms with Crippen LogP contribution in [0.5, 0.6) is 5.75 Å². The standard InChI is InChI=1S/C26H33N3O4.ClH/c1-3-4-5-6-7-11-27-15-18-12-17-13-20-16(14-21(17)29(18)2)9-8-10-19-23(20)28-25(31)22(24(19)30)26(32)33;/h12-14,27H,3-11,15H2,1-2H3,(H,32,33)(H2,28,30,31);1H. The number of hydrogen-bond donors (Lipinski definition) is 4. The Balaban J connectivity index is 0.00000324. The summed E-state index contributed by atoms with van der Waals surface area (Å²) in [5.74, 6) is -1.83. The zero-order chi connectivity index (χ0) is 23.5. The van der Waals surface area contributed by atoms with Crippen molar-refractivity contribution in [1.29, 1.82) is 0 Å². The van der Waals surface area contributed by atoms with E-state index in [-0.39, 0.29) is 12.4 Å². The lowest BCUT2D eigenvalue weighted by Crippen LogP contribution is -2.20. The lowest BCUT2D eigenvalue weighted by Gasteiger charge is -2.13. The number of aryl methyl sites for hydroxylation is 2. The first-order valence-electron chi connectivity index (χ1n) is 12.0. The molecular weight excluding hydrogens is 454 g/mol. The van der Waals surface area contributed by atoms with E-state index in [2.05, 4.69) is 47.0 Å². The van der Waals surface area contributed by atoms with Crippen molar-refractivity contribution in [2.75, 3.05) is 6.54 Å². The summed E-state index contributed by atoms with van der Waals surface area (Å²) in [7, 11) is 2.07. The second-order valence-electron chi connectivity index (χ2n) is 9.04. The van der Waals surface area contributed by atoms with Crippen LogP contribution in [0.1, 0.15) is 72.6 Å². The van der Waals surface area contributed by atoms with Gasteiger partial charge in [0.05, 0.1) is 5.69 Å². The number of benzene rings is 1. The average Bonchev–Trinajstić information content (AvgIpc) is 2.96. The second-order valence-corrected chi connectivity index (χ2v) is 9.04. The smallest absolute Gasteiger partial charge is 0.345 e. The summed E-state index contributed by atoms with van der Waals surface area (Å²) in [4.78, 5) is 26.6. The first kappa shape index (κ1) is 25.8. The number of aromatic amines is 1. The van der Waals surface area contributed by atoms with Crippen LogP contribution < -0.4 is 10.9 Å². The number of aromatic hydroxyl groups is 1. The van der Waals surface area contributed by atoms with E-state index >= 15 is 0 Å². The Labute approximate surface area is 205 Å². The van der Waals surface area contributed by atoms with Gasteiger partial charge in [0.25, 0.3) is 5.56 Å². The molecule has 184 valence electrons. The number of nitrogens with one attached hydrogen (secondary N) is 2. The van der Waals surface area contributed by atoms with E-state index in [0.717, 1.165) is 48.0 Å². The number of carboxylic acid groups (broad SMARTS) is 1. The van der Waals surface area contributed by atoms with E-state index in [9.17, 15) is 19.8 Å². The van der Waals surface area contributed by atoms with Crippen LogP contribution >= 0.6 is 12.4 Å². The molecule has 2 aromatic heterocycles. The fourth-order valence-electron chi connectivity index (χ4n) is 4.92. The summed E-state index contributed by atoms with van der Waals surface area (Å²) >= 11 is 0. The van der Waals surface area contributed by atoms with Crippen molar-refractivity contribution in [3.63, 3.8) is 0 Å². The van der Waals surface area contributed by atoms with Gasteiger partial charge in [-0.05, 0) is 56.0 Å². The number of fused-ring (bicyclic) bond motifs is 4. The van der Waals surface area contributed by atoms with Crippen LogP contribution in [0, 0.1) is 0 Å². The molecule has 0 radical (unpaired) electrons. The van der Waals surface area contributed by atoms with E-state index in [1.807, 2.05) is 0 Å². The summed E-state index contributed by atoms with van der Waals surface area (Å²) < 4.78 is 2.21. The van der Waals surface area contributed by atoms with Crippen molar-refractivity contribution < 1.29 is 15.0 Å². The molecule has 4 rings (SSSR count). The van der Waals surface area contributed by atoms with Gasteiger partial charge in [-0.2, -0.15) is 0 Å². The summed E-state index contributed by atoms with van der Waals surface area (Å²) in [6.07, 6.45) is 8.37. The van der Waals surface area contributed by atoms with Gasteiger partial charge in [-0.1, -0.05) is 32.6 Å². The summed E-state index contributed by atoms with van der Waals surface area (Å²) in [6.45, 7) is 4.02. The maximum atomic E-state index is 12.4. The van der Waals surface area contributed by atoms with Crippen molar-refractivity contribution in [1.82, 2.24) is 14.9 Å². The molecule has 7 nitrogen and oxygen atoms in total. The minimum absolute atomic E-state index is 0. The van der Waals surface area contributed by atoms with Crippen LogP contribution in [-0.2, 0) is 26.4 Å². The van der Waals surface area contributed by atoms with Crippen molar-refractivity contribution in [2.45, 2.75) is 64.8 Å². The molecule has 0 atom stereocenters.